The third-order valence-electron chi connectivity index (χ3n) is 1.59. The summed E-state index contributed by atoms with van der Waals surface area (Å²) in [6.45, 7) is 2.24. The monoisotopic (exact) mass is 225 g/mol. The third kappa shape index (κ3) is 3.95. The molecule has 0 unspecified atom stereocenters. The standard InChI is InChI=1S/C10H12FN3O2/c1-2-16-9-4-7(3-8(11)5-9)6-13-14-10(12)15/h3-6H,2H2,1H3,(H3,12,14,15). The van der Waals surface area contributed by atoms with E-state index in [4.69, 9.17) is 10.5 Å². The molecule has 86 valence electrons. The summed E-state index contributed by atoms with van der Waals surface area (Å²) in [4.78, 5) is 10.3. The number of ether oxygens (including phenoxy) is 1. The number of carbonyl (C=O) groups is 1. The minimum absolute atomic E-state index is 0.406. The smallest absolute Gasteiger partial charge is 0.332 e. The van der Waals surface area contributed by atoms with Crippen molar-refractivity contribution in [3.63, 3.8) is 0 Å². The number of urea groups is 1. The summed E-state index contributed by atoms with van der Waals surface area (Å²) in [7, 11) is 0. The maximum Gasteiger partial charge on any atom is 0.332 e. The Morgan fingerprint density at radius 3 is 3.00 bits per heavy atom. The number of rotatable bonds is 4. The number of nitrogens with one attached hydrogen (secondary N) is 1. The van der Waals surface area contributed by atoms with E-state index in [1.54, 1.807) is 13.0 Å². The second-order valence-corrected chi connectivity index (χ2v) is 2.89. The van der Waals surface area contributed by atoms with Crippen LogP contribution >= 0.6 is 0 Å². The van der Waals surface area contributed by atoms with Gasteiger partial charge in [-0.15, -0.1) is 0 Å². The predicted octanol–water partition coefficient (Wildman–Crippen LogP) is 1.23. The highest BCUT2D eigenvalue weighted by Gasteiger charge is 1.99. The van der Waals surface area contributed by atoms with Crippen LogP contribution in [0.5, 0.6) is 5.75 Å². The molecule has 0 saturated carbocycles. The molecular weight excluding hydrogens is 213 g/mol. The van der Waals surface area contributed by atoms with E-state index in [2.05, 4.69) is 5.10 Å². The highest BCUT2D eigenvalue weighted by atomic mass is 19.1. The quantitative estimate of drug-likeness (QED) is 0.597. The van der Waals surface area contributed by atoms with Gasteiger partial charge < -0.3 is 10.5 Å². The van der Waals surface area contributed by atoms with Gasteiger partial charge in [0, 0.05) is 11.6 Å². The first-order valence-corrected chi connectivity index (χ1v) is 4.63. The molecule has 2 amide bonds. The molecule has 0 radical (unpaired) electrons. The molecule has 0 fully saturated rings. The summed E-state index contributed by atoms with van der Waals surface area (Å²) in [5.74, 6) is -0.0329. The number of benzene rings is 1. The van der Waals surface area contributed by atoms with E-state index in [9.17, 15) is 9.18 Å². The van der Waals surface area contributed by atoms with Gasteiger partial charge in [-0.3, -0.25) is 0 Å². The number of primary amides is 1. The fourth-order valence-corrected chi connectivity index (χ4v) is 1.08. The lowest BCUT2D eigenvalue weighted by molar-refractivity contribution is 0.249. The van der Waals surface area contributed by atoms with Crippen LogP contribution in [0.2, 0.25) is 0 Å². The molecule has 0 aromatic heterocycles. The zero-order chi connectivity index (χ0) is 12.0. The summed E-state index contributed by atoms with van der Waals surface area (Å²) in [6, 6.07) is 3.34. The second-order valence-electron chi connectivity index (χ2n) is 2.89. The van der Waals surface area contributed by atoms with Crippen molar-refractivity contribution in [1.82, 2.24) is 5.43 Å². The Bertz CT molecular complexity index is 407. The fraction of sp³-hybridized carbons (Fsp3) is 0.200. The molecule has 0 aliphatic carbocycles. The molecule has 0 bridgehead atoms. The van der Waals surface area contributed by atoms with Crippen LogP contribution in [0.3, 0.4) is 0 Å². The topological polar surface area (TPSA) is 76.7 Å². The Kier molecular flexibility index (Phi) is 4.26. The van der Waals surface area contributed by atoms with Crippen molar-refractivity contribution in [1.29, 1.82) is 0 Å². The number of nitrogens with two attached hydrogens (primary N) is 1. The summed E-state index contributed by atoms with van der Waals surface area (Å²) in [5, 5.41) is 3.51. The lowest BCUT2D eigenvalue weighted by Gasteiger charge is -2.03. The number of halogens is 1. The highest BCUT2D eigenvalue weighted by Crippen LogP contribution is 2.15. The van der Waals surface area contributed by atoms with E-state index >= 15 is 0 Å². The minimum atomic E-state index is -0.780. The van der Waals surface area contributed by atoms with Gasteiger partial charge in [-0.1, -0.05) is 0 Å². The molecule has 0 saturated heterocycles. The molecule has 6 heteroatoms. The van der Waals surface area contributed by atoms with E-state index in [1.165, 1.54) is 18.3 Å². The van der Waals surface area contributed by atoms with Gasteiger partial charge in [0.25, 0.3) is 0 Å². The number of hydrazone groups is 1. The SMILES string of the molecule is CCOc1cc(F)cc(C=NNC(N)=O)c1. The lowest BCUT2D eigenvalue weighted by Crippen LogP contribution is -2.24. The Morgan fingerprint density at radius 2 is 2.38 bits per heavy atom. The Labute approximate surface area is 92.1 Å². The van der Waals surface area contributed by atoms with Crippen molar-refractivity contribution in [2.24, 2.45) is 10.8 Å². The van der Waals surface area contributed by atoms with Gasteiger partial charge in [-0.25, -0.2) is 14.6 Å². The molecule has 1 rings (SSSR count). The predicted molar refractivity (Wildman–Crippen MR) is 57.9 cm³/mol. The fourth-order valence-electron chi connectivity index (χ4n) is 1.08. The summed E-state index contributed by atoms with van der Waals surface area (Å²) in [5.41, 5.74) is 7.28. The van der Waals surface area contributed by atoms with Crippen molar-refractivity contribution in [2.45, 2.75) is 6.92 Å². The summed E-state index contributed by atoms with van der Waals surface area (Å²) >= 11 is 0. The number of hydrogen-bond donors (Lipinski definition) is 2. The van der Waals surface area contributed by atoms with Gasteiger partial charge in [0.05, 0.1) is 12.8 Å². The van der Waals surface area contributed by atoms with Crippen LogP contribution in [-0.4, -0.2) is 18.9 Å². The van der Waals surface area contributed by atoms with Crippen molar-refractivity contribution < 1.29 is 13.9 Å². The minimum Gasteiger partial charge on any atom is -0.494 e. The van der Waals surface area contributed by atoms with E-state index in [0.29, 0.717) is 17.9 Å². The Hall–Kier alpha value is -2.11. The number of amides is 2. The number of hydrogen-bond acceptors (Lipinski definition) is 3. The lowest BCUT2D eigenvalue weighted by atomic mass is 10.2. The van der Waals surface area contributed by atoms with E-state index in [1.807, 2.05) is 5.43 Å². The molecule has 0 spiro atoms. The third-order valence-corrected chi connectivity index (χ3v) is 1.59. The first-order chi connectivity index (χ1) is 7.61. The maximum absolute atomic E-state index is 13.1. The van der Waals surface area contributed by atoms with E-state index in [-0.39, 0.29) is 0 Å². The van der Waals surface area contributed by atoms with Crippen LogP contribution in [-0.2, 0) is 0 Å². The molecule has 1 aromatic carbocycles. The molecule has 0 aliphatic rings. The molecular formula is C10H12FN3O2. The number of nitrogens with zero attached hydrogens (tertiary/aromatic N) is 1. The molecule has 0 aliphatic heterocycles. The van der Waals surface area contributed by atoms with Crippen LogP contribution in [0, 0.1) is 5.82 Å². The van der Waals surface area contributed by atoms with Crippen molar-refractivity contribution >= 4 is 12.2 Å². The van der Waals surface area contributed by atoms with Gasteiger partial charge in [0.1, 0.15) is 11.6 Å². The maximum atomic E-state index is 13.1. The Balaban J connectivity index is 2.79. The zero-order valence-corrected chi connectivity index (χ0v) is 8.74. The van der Waals surface area contributed by atoms with Crippen LogP contribution in [0.15, 0.2) is 23.3 Å². The zero-order valence-electron chi connectivity index (χ0n) is 8.74. The first-order valence-electron chi connectivity index (χ1n) is 4.63. The number of carbonyl (C=O) groups excluding carboxylic acids is 1. The van der Waals surface area contributed by atoms with Crippen LogP contribution in [0.4, 0.5) is 9.18 Å². The van der Waals surface area contributed by atoms with Crippen molar-refractivity contribution in [3.05, 3.63) is 29.6 Å². The van der Waals surface area contributed by atoms with Crippen LogP contribution in [0.25, 0.3) is 0 Å². The van der Waals surface area contributed by atoms with E-state index in [0.717, 1.165) is 0 Å². The van der Waals surface area contributed by atoms with Crippen LogP contribution in [0.1, 0.15) is 12.5 Å². The van der Waals surface area contributed by atoms with Gasteiger partial charge in [0.2, 0.25) is 0 Å². The highest BCUT2D eigenvalue weighted by molar-refractivity contribution is 5.81. The normalized spacial score (nSPS) is 10.4. The summed E-state index contributed by atoms with van der Waals surface area (Å²) in [6.07, 6.45) is 1.27. The van der Waals surface area contributed by atoms with Gasteiger partial charge in [-0.05, 0) is 19.1 Å². The van der Waals surface area contributed by atoms with Gasteiger partial charge in [0.15, 0.2) is 0 Å². The van der Waals surface area contributed by atoms with Crippen molar-refractivity contribution in [3.8, 4) is 5.75 Å². The molecule has 3 N–H and O–H groups in total. The molecule has 0 heterocycles. The first kappa shape index (κ1) is 12.0. The summed E-state index contributed by atoms with van der Waals surface area (Å²) < 4.78 is 18.2. The average Bonchev–Trinajstić information content (AvgIpc) is 2.16. The van der Waals surface area contributed by atoms with Gasteiger partial charge >= 0.3 is 6.03 Å². The molecule has 16 heavy (non-hydrogen) atoms. The van der Waals surface area contributed by atoms with Crippen LogP contribution < -0.4 is 15.9 Å². The molecule has 5 nitrogen and oxygen atoms in total. The molecule has 1 aromatic rings. The largest absolute Gasteiger partial charge is 0.494 e. The second kappa shape index (κ2) is 5.69. The molecule has 0 atom stereocenters. The Morgan fingerprint density at radius 1 is 1.62 bits per heavy atom. The van der Waals surface area contributed by atoms with E-state index < -0.39 is 11.8 Å². The average molecular weight is 225 g/mol. The van der Waals surface area contributed by atoms with Gasteiger partial charge in [-0.2, -0.15) is 5.10 Å². The van der Waals surface area contributed by atoms with Crippen molar-refractivity contribution in [2.75, 3.05) is 6.61 Å².